The molecule has 0 amide bonds. The third-order valence-corrected chi connectivity index (χ3v) is 4.35. The van der Waals surface area contributed by atoms with E-state index >= 15 is 0 Å². The molecule has 6 nitrogen and oxygen atoms in total. The molecule has 0 bridgehead atoms. The third kappa shape index (κ3) is 2.36. The minimum atomic E-state index is -0.184. The second-order valence-electron chi connectivity index (χ2n) is 4.90. The number of aromatic amines is 1. The van der Waals surface area contributed by atoms with Crippen molar-refractivity contribution in [1.82, 2.24) is 19.9 Å². The molecular formula is C16H11N5OS. The Morgan fingerprint density at radius 2 is 1.91 bits per heavy atom. The Bertz CT molecular complexity index is 1050. The number of nitrogens with two attached hydrogens (primary N) is 1. The van der Waals surface area contributed by atoms with Gasteiger partial charge < -0.3 is 10.7 Å². The molecule has 23 heavy (non-hydrogen) atoms. The molecule has 0 spiro atoms. The lowest BCUT2D eigenvalue weighted by atomic mass is 10.2. The van der Waals surface area contributed by atoms with Crippen molar-refractivity contribution in [3.8, 4) is 22.8 Å². The number of H-pyrrole nitrogens is 1. The molecule has 0 saturated heterocycles. The molecule has 112 valence electrons. The van der Waals surface area contributed by atoms with Gasteiger partial charge >= 0.3 is 0 Å². The second-order valence-corrected chi connectivity index (χ2v) is 5.78. The maximum atomic E-state index is 12.3. The zero-order valence-electron chi connectivity index (χ0n) is 11.9. The molecule has 4 aromatic rings. The summed E-state index contributed by atoms with van der Waals surface area (Å²) in [5, 5.41) is 1.87. The fraction of sp³-hybridized carbons (Fsp3) is 0. The first-order valence-electron chi connectivity index (χ1n) is 6.88. The van der Waals surface area contributed by atoms with Crippen LogP contribution in [0, 0.1) is 0 Å². The average Bonchev–Trinajstić information content (AvgIpc) is 3.00. The largest absolute Gasteiger partial charge is 0.384 e. The van der Waals surface area contributed by atoms with Gasteiger partial charge in [-0.15, -0.1) is 11.3 Å². The van der Waals surface area contributed by atoms with Gasteiger partial charge in [0.1, 0.15) is 16.2 Å². The fourth-order valence-electron chi connectivity index (χ4n) is 2.34. The summed E-state index contributed by atoms with van der Waals surface area (Å²) < 4.78 is 0.559. The molecule has 0 radical (unpaired) electrons. The Labute approximate surface area is 134 Å². The first kappa shape index (κ1) is 13.6. The summed E-state index contributed by atoms with van der Waals surface area (Å²) in [5.74, 6) is 0.864. The maximum absolute atomic E-state index is 12.3. The first-order chi connectivity index (χ1) is 11.2. The van der Waals surface area contributed by atoms with Crippen LogP contribution in [0.4, 0.5) is 5.82 Å². The third-order valence-electron chi connectivity index (χ3n) is 3.38. The van der Waals surface area contributed by atoms with Gasteiger partial charge in [-0.3, -0.25) is 9.78 Å². The van der Waals surface area contributed by atoms with Crippen molar-refractivity contribution < 1.29 is 0 Å². The monoisotopic (exact) mass is 321 g/mol. The minimum absolute atomic E-state index is 0.184. The summed E-state index contributed by atoms with van der Waals surface area (Å²) in [5.41, 5.74) is 8.28. The van der Waals surface area contributed by atoms with E-state index in [4.69, 9.17) is 5.73 Å². The summed E-state index contributed by atoms with van der Waals surface area (Å²) in [7, 11) is 0. The van der Waals surface area contributed by atoms with E-state index in [2.05, 4.69) is 19.9 Å². The van der Waals surface area contributed by atoms with E-state index < -0.39 is 0 Å². The number of aromatic nitrogens is 4. The minimum Gasteiger partial charge on any atom is -0.384 e. The number of pyridine rings is 2. The van der Waals surface area contributed by atoms with Crippen LogP contribution in [0.2, 0.25) is 0 Å². The van der Waals surface area contributed by atoms with Crippen molar-refractivity contribution >= 4 is 27.4 Å². The number of nitrogens with zero attached hydrogens (tertiary/aromatic N) is 3. The van der Waals surface area contributed by atoms with Crippen molar-refractivity contribution in [3.05, 3.63) is 58.3 Å². The zero-order chi connectivity index (χ0) is 15.8. The number of hydrogen-bond acceptors (Lipinski definition) is 6. The van der Waals surface area contributed by atoms with E-state index in [9.17, 15) is 4.79 Å². The van der Waals surface area contributed by atoms with Crippen LogP contribution in [0.15, 0.2) is 52.8 Å². The number of hydrogen-bond donors (Lipinski definition) is 2. The molecule has 4 aromatic heterocycles. The number of nitrogen functional groups attached to an aromatic ring is 1. The van der Waals surface area contributed by atoms with Crippen molar-refractivity contribution in [2.24, 2.45) is 0 Å². The number of thiophene rings is 1. The van der Waals surface area contributed by atoms with E-state index in [0.29, 0.717) is 33.2 Å². The quantitative estimate of drug-likeness (QED) is 0.591. The van der Waals surface area contributed by atoms with E-state index in [1.807, 2.05) is 29.6 Å². The summed E-state index contributed by atoms with van der Waals surface area (Å²) >= 11 is 1.34. The Hall–Kier alpha value is -3.06. The first-order valence-corrected chi connectivity index (χ1v) is 7.76. The molecular weight excluding hydrogens is 310 g/mol. The zero-order valence-corrected chi connectivity index (χ0v) is 12.7. The molecule has 0 fully saturated rings. The Morgan fingerprint density at radius 3 is 2.70 bits per heavy atom. The van der Waals surface area contributed by atoms with E-state index in [1.54, 1.807) is 18.3 Å². The van der Waals surface area contributed by atoms with Crippen LogP contribution in [0.5, 0.6) is 0 Å². The van der Waals surface area contributed by atoms with Crippen LogP contribution in [0.1, 0.15) is 0 Å². The molecule has 3 N–H and O–H groups in total. The van der Waals surface area contributed by atoms with Gasteiger partial charge in [0.25, 0.3) is 5.56 Å². The molecule has 0 saturated carbocycles. The van der Waals surface area contributed by atoms with Gasteiger partial charge in [-0.1, -0.05) is 12.1 Å². The predicted molar refractivity (Wildman–Crippen MR) is 91.1 cm³/mol. The lowest BCUT2D eigenvalue weighted by molar-refractivity contribution is 1.15. The van der Waals surface area contributed by atoms with Crippen molar-refractivity contribution in [1.29, 1.82) is 0 Å². The summed E-state index contributed by atoms with van der Waals surface area (Å²) in [6.07, 6.45) is 1.66. The summed E-state index contributed by atoms with van der Waals surface area (Å²) in [4.78, 5) is 28.2. The van der Waals surface area contributed by atoms with Gasteiger partial charge in [-0.2, -0.15) is 0 Å². The standard InChI is InChI=1S/C16H11N5OS/c17-12-6-3-5-10(19-12)9-8-23-14-13(9)20-15(21-16(14)22)11-4-1-2-7-18-11/h1-8H,(H2,17,19)(H,20,21,22). The number of rotatable bonds is 2. The van der Waals surface area contributed by atoms with Crippen LogP contribution in [0.3, 0.4) is 0 Å². The van der Waals surface area contributed by atoms with Crippen LogP contribution < -0.4 is 11.3 Å². The van der Waals surface area contributed by atoms with Gasteiger partial charge in [0.2, 0.25) is 0 Å². The Kier molecular flexibility index (Phi) is 3.13. The van der Waals surface area contributed by atoms with Crippen molar-refractivity contribution in [2.75, 3.05) is 5.73 Å². The highest BCUT2D eigenvalue weighted by molar-refractivity contribution is 7.17. The van der Waals surface area contributed by atoms with Crippen molar-refractivity contribution in [3.63, 3.8) is 0 Å². The van der Waals surface area contributed by atoms with Crippen LogP contribution in [-0.4, -0.2) is 19.9 Å². The molecule has 0 aliphatic rings. The number of nitrogens with one attached hydrogen (secondary N) is 1. The second kappa shape index (κ2) is 5.29. The smallest absolute Gasteiger partial charge is 0.269 e. The molecule has 0 aliphatic heterocycles. The topological polar surface area (TPSA) is 97.6 Å². The number of anilines is 1. The maximum Gasteiger partial charge on any atom is 0.269 e. The van der Waals surface area contributed by atoms with Gasteiger partial charge in [0.05, 0.1) is 11.2 Å². The highest BCUT2D eigenvalue weighted by Gasteiger charge is 2.14. The molecule has 0 unspecified atom stereocenters. The Balaban J connectivity index is 1.98. The molecule has 0 aromatic carbocycles. The SMILES string of the molecule is Nc1cccc(-c2csc3c(=O)[nH]c(-c4ccccn4)nc23)n1. The summed E-state index contributed by atoms with van der Waals surface area (Å²) in [6.45, 7) is 0. The van der Waals surface area contributed by atoms with Gasteiger partial charge in [-0.05, 0) is 24.3 Å². The van der Waals surface area contributed by atoms with E-state index in [-0.39, 0.29) is 5.56 Å². The van der Waals surface area contributed by atoms with Crippen LogP contribution in [-0.2, 0) is 0 Å². The number of fused-ring (bicyclic) bond motifs is 1. The lowest BCUT2D eigenvalue weighted by Gasteiger charge is -2.02. The highest BCUT2D eigenvalue weighted by Crippen LogP contribution is 2.30. The highest BCUT2D eigenvalue weighted by atomic mass is 32.1. The normalized spacial score (nSPS) is 11.0. The van der Waals surface area contributed by atoms with E-state index in [0.717, 1.165) is 5.56 Å². The summed E-state index contributed by atoms with van der Waals surface area (Å²) in [6, 6.07) is 10.9. The van der Waals surface area contributed by atoms with Crippen LogP contribution in [0.25, 0.3) is 33.0 Å². The molecule has 4 rings (SSSR count). The van der Waals surface area contributed by atoms with Gasteiger partial charge in [-0.25, -0.2) is 9.97 Å². The molecule has 0 aliphatic carbocycles. The molecule has 0 atom stereocenters. The lowest BCUT2D eigenvalue weighted by Crippen LogP contribution is -2.08. The molecule has 4 heterocycles. The Morgan fingerprint density at radius 1 is 1.04 bits per heavy atom. The van der Waals surface area contributed by atoms with E-state index in [1.165, 1.54) is 11.3 Å². The molecule has 7 heteroatoms. The fourth-order valence-corrected chi connectivity index (χ4v) is 3.23. The van der Waals surface area contributed by atoms with Gasteiger partial charge in [0.15, 0.2) is 5.82 Å². The predicted octanol–water partition coefficient (Wildman–Crippen LogP) is 2.69. The van der Waals surface area contributed by atoms with Crippen molar-refractivity contribution in [2.45, 2.75) is 0 Å². The van der Waals surface area contributed by atoms with Gasteiger partial charge in [0, 0.05) is 17.1 Å². The van der Waals surface area contributed by atoms with Crippen LogP contribution >= 0.6 is 11.3 Å². The average molecular weight is 321 g/mol.